The maximum atomic E-state index is 12.2. The first-order chi connectivity index (χ1) is 6.46. The minimum Gasteiger partial charge on any atom is -0.327 e. The number of nitrogens with zero attached hydrogens (tertiary/aromatic N) is 1. The maximum absolute atomic E-state index is 12.2. The quantitative estimate of drug-likeness (QED) is 0.629. The molecule has 1 aliphatic carbocycles. The Morgan fingerprint density at radius 3 is 2.50 bits per heavy atom. The average Bonchev–Trinajstić information content (AvgIpc) is 2.84. The van der Waals surface area contributed by atoms with Crippen molar-refractivity contribution in [2.24, 2.45) is 0 Å². The monoisotopic (exact) mass is 208 g/mol. The van der Waals surface area contributed by atoms with Crippen LogP contribution in [0.15, 0.2) is 0 Å². The Kier molecular flexibility index (Phi) is 1.99. The summed E-state index contributed by atoms with van der Waals surface area (Å²) in [4.78, 5) is 12.0. The Morgan fingerprint density at radius 1 is 1.36 bits per heavy atom. The third-order valence-corrected chi connectivity index (χ3v) is 2.85. The van der Waals surface area contributed by atoms with Crippen molar-refractivity contribution >= 4 is 5.91 Å². The normalized spacial score (nSPS) is 25.2. The SMILES string of the molecule is O=C(N1CCNCC12CC2)C(F)(F)F. The first kappa shape index (κ1) is 9.76. The van der Waals surface area contributed by atoms with Gasteiger partial charge in [-0.25, -0.2) is 0 Å². The lowest BCUT2D eigenvalue weighted by atomic mass is 10.1. The fourth-order valence-electron chi connectivity index (χ4n) is 1.91. The molecule has 6 heteroatoms. The molecular formula is C8H11F3N2O. The lowest BCUT2D eigenvalue weighted by molar-refractivity contribution is -0.189. The molecule has 1 spiro atoms. The fourth-order valence-corrected chi connectivity index (χ4v) is 1.91. The molecule has 1 heterocycles. The molecule has 0 radical (unpaired) electrons. The lowest BCUT2D eigenvalue weighted by Gasteiger charge is -2.37. The zero-order valence-electron chi connectivity index (χ0n) is 7.52. The van der Waals surface area contributed by atoms with Crippen LogP contribution in [-0.4, -0.2) is 42.2 Å². The largest absolute Gasteiger partial charge is 0.471 e. The number of amides is 1. The van der Waals surface area contributed by atoms with E-state index in [0.29, 0.717) is 25.9 Å². The van der Waals surface area contributed by atoms with Gasteiger partial charge >= 0.3 is 12.1 Å². The molecule has 0 aromatic heterocycles. The van der Waals surface area contributed by atoms with E-state index in [4.69, 9.17) is 0 Å². The number of carbonyl (C=O) groups is 1. The van der Waals surface area contributed by atoms with E-state index in [1.165, 1.54) is 0 Å². The second kappa shape index (κ2) is 2.85. The standard InChI is InChI=1S/C8H11F3N2O/c9-8(10,11)6(14)13-4-3-12-5-7(13)1-2-7/h12H,1-5H2. The van der Waals surface area contributed by atoms with Crippen molar-refractivity contribution in [3.05, 3.63) is 0 Å². The van der Waals surface area contributed by atoms with E-state index >= 15 is 0 Å². The smallest absolute Gasteiger partial charge is 0.327 e. The fraction of sp³-hybridized carbons (Fsp3) is 0.875. The van der Waals surface area contributed by atoms with Crippen LogP contribution in [0.1, 0.15) is 12.8 Å². The Balaban J connectivity index is 2.13. The van der Waals surface area contributed by atoms with Gasteiger partial charge < -0.3 is 10.2 Å². The van der Waals surface area contributed by atoms with E-state index in [1.54, 1.807) is 0 Å². The van der Waals surface area contributed by atoms with Crippen molar-refractivity contribution < 1.29 is 18.0 Å². The predicted octanol–water partition coefficient (Wildman–Crippen LogP) is 0.513. The molecule has 2 aliphatic rings. The van der Waals surface area contributed by atoms with Gasteiger partial charge in [-0.15, -0.1) is 0 Å². The summed E-state index contributed by atoms with van der Waals surface area (Å²) in [7, 11) is 0. The highest BCUT2D eigenvalue weighted by molar-refractivity contribution is 5.83. The molecule has 3 nitrogen and oxygen atoms in total. The summed E-state index contributed by atoms with van der Waals surface area (Å²) in [5.41, 5.74) is -0.523. The Labute approximate surface area is 79.3 Å². The van der Waals surface area contributed by atoms with Gasteiger partial charge in [-0.1, -0.05) is 0 Å². The van der Waals surface area contributed by atoms with Gasteiger partial charge in [0.1, 0.15) is 0 Å². The highest BCUT2D eigenvalue weighted by Gasteiger charge is 2.56. The van der Waals surface area contributed by atoms with E-state index < -0.39 is 17.6 Å². The first-order valence-corrected chi connectivity index (χ1v) is 4.55. The maximum Gasteiger partial charge on any atom is 0.471 e. The number of halogens is 3. The minimum absolute atomic E-state index is 0.165. The van der Waals surface area contributed by atoms with Crippen molar-refractivity contribution in [2.75, 3.05) is 19.6 Å². The van der Waals surface area contributed by atoms with E-state index in [1.807, 2.05) is 0 Å². The number of nitrogens with one attached hydrogen (secondary N) is 1. The Hall–Kier alpha value is -0.780. The zero-order chi connectivity index (χ0) is 10.4. The summed E-state index contributed by atoms with van der Waals surface area (Å²) in [5, 5.41) is 3.01. The van der Waals surface area contributed by atoms with Gasteiger partial charge in [0.15, 0.2) is 0 Å². The molecule has 0 unspecified atom stereocenters. The van der Waals surface area contributed by atoms with Gasteiger partial charge in [0, 0.05) is 19.6 Å². The van der Waals surface area contributed by atoms with Crippen LogP contribution in [-0.2, 0) is 4.79 Å². The summed E-state index contributed by atoms with van der Waals surface area (Å²) in [6, 6.07) is 0. The van der Waals surface area contributed by atoms with E-state index in [2.05, 4.69) is 5.32 Å². The summed E-state index contributed by atoms with van der Waals surface area (Å²) in [6.07, 6.45) is -3.36. The van der Waals surface area contributed by atoms with Gasteiger partial charge in [-0.05, 0) is 12.8 Å². The number of hydrogen-bond donors (Lipinski definition) is 1. The van der Waals surface area contributed by atoms with Gasteiger partial charge in [0.05, 0.1) is 5.54 Å². The average molecular weight is 208 g/mol. The second-order valence-electron chi connectivity index (χ2n) is 3.86. The van der Waals surface area contributed by atoms with Crippen LogP contribution >= 0.6 is 0 Å². The number of alkyl halides is 3. The molecule has 1 saturated carbocycles. The molecule has 1 N–H and O–H groups in total. The zero-order valence-corrected chi connectivity index (χ0v) is 7.52. The molecule has 80 valence electrons. The number of carbonyl (C=O) groups excluding carboxylic acids is 1. The van der Waals surface area contributed by atoms with Crippen molar-refractivity contribution in [1.29, 1.82) is 0 Å². The Morgan fingerprint density at radius 2 is 2.00 bits per heavy atom. The molecule has 0 atom stereocenters. The van der Waals surface area contributed by atoms with Crippen LogP contribution in [0.3, 0.4) is 0 Å². The van der Waals surface area contributed by atoms with Crippen LogP contribution in [0.2, 0.25) is 0 Å². The lowest BCUT2D eigenvalue weighted by Crippen LogP contribution is -2.58. The molecule has 1 saturated heterocycles. The third-order valence-electron chi connectivity index (χ3n) is 2.85. The van der Waals surface area contributed by atoms with E-state index in [9.17, 15) is 18.0 Å². The van der Waals surface area contributed by atoms with Crippen molar-refractivity contribution in [2.45, 2.75) is 24.6 Å². The summed E-state index contributed by atoms with van der Waals surface area (Å²) in [5.74, 6) is -1.68. The minimum atomic E-state index is -4.73. The molecule has 1 amide bonds. The highest BCUT2D eigenvalue weighted by Crippen LogP contribution is 2.43. The summed E-state index contributed by atoms with van der Waals surface area (Å²) < 4.78 is 36.6. The first-order valence-electron chi connectivity index (χ1n) is 4.55. The van der Waals surface area contributed by atoms with Gasteiger partial charge in [-0.2, -0.15) is 13.2 Å². The summed E-state index contributed by atoms with van der Waals surface area (Å²) in [6.45, 7) is 1.11. The molecular weight excluding hydrogens is 197 g/mol. The van der Waals surface area contributed by atoms with Crippen molar-refractivity contribution in [1.82, 2.24) is 10.2 Å². The number of rotatable bonds is 0. The van der Waals surface area contributed by atoms with Crippen LogP contribution in [0, 0.1) is 0 Å². The van der Waals surface area contributed by atoms with Crippen LogP contribution in [0.5, 0.6) is 0 Å². The van der Waals surface area contributed by atoms with Crippen LogP contribution < -0.4 is 5.32 Å². The molecule has 14 heavy (non-hydrogen) atoms. The molecule has 0 bridgehead atoms. The predicted molar refractivity (Wildman–Crippen MR) is 42.6 cm³/mol. The van der Waals surface area contributed by atoms with Crippen LogP contribution in [0.4, 0.5) is 13.2 Å². The van der Waals surface area contributed by atoms with Gasteiger partial charge in [0.2, 0.25) is 0 Å². The van der Waals surface area contributed by atoms with Crippen molar-refractivity contribution in [3.8, 4) is 0 Å². The number of hydrogen-bond acceptors (Lipinski definition) is 2. The topological polar surface area (TPSA) is 32.3 Å². The second-order valence-corrected chi connectivity index (χ2v) is 3.86. The summed E-state index contributed by atoms with van der Waals surface area (Å²) >= 11 is 0. The highest BCUT2D eigenvalue weighted by atomic mass is 19.4. The Bertz CT molecular complexity index is 260. The molecule has 2 rings (SSSR count). The van der Waals surface area contributed by atoms with E-state index in [0.717, 1.165) is 4.90 Å². The molecule has 0 aromatic carbocycles. The molecule has 0 aromatic rings. The van der Waals surface area contributed by atoms with Gasteiger partial charge in [-0.3, -0.25) is 4.79 Å². The van der Waals surface area contributed by atoms with Gasteiger partial charge in [0.25, 0.3) is 0 Å². The molecule has 2 fully saturated rings. The van der Waals surface area contributed by atoms with Crippen molar-refractivity contribution in [3.63, 3.8) is 0 Å². The van der Waals surface area contributed by atoms with Crippen LogP contribution in [0.25, 0.3) is 0 Å². The number of piperazine rings is 1. The van der Waals surface area contributed by atoms with E-state index in [-0.39, 0.29) is 6.54 Å². The third kappa shape index (κ3) is 1.47. The molecule has 1 aliphatic heterocycles.